The Morgan fingerprint density at radius 1 is 1.62 bits per heavy atom. The summed E-state index contributed by atoms with van der Waals surface area (Å²) in [5.41, 5.74) is 1.92. The molecule has 0 aromatic rings. The number of hydrogen-bond acceptors (Lipinski definition) is 2. The summed E-state index contributed by atoms with van der Waals surface area (Å²) < 4.78 is 0. The average molecular weight is 131 g/mol. The maximum Gasteiger partial charge on any atom is 0.0543 e. The first-order valence-electron chi connectivity index (χ1n) is 2.91. The zero-order valence-corrected chi connectivity index (χ0v) is 6.53. The third-order valence-electron chi connectivity index (χ3n) is 0.590. The Labute approximate surface area is 55.6 Å². The molecule has 0 saturated carbocycles. The minimum Gasteiger partial charge on any atom is -0.287 e. The highest BCUT2D eigenvalue weighted by atomic mass is 32.2. The molecule has 0 aliphatic rings. The Morgan fingerprint density at radius 3 is 2.62 bits per heavy atom. The van der Waals surface area contributed by atoms with Crippen LogP contribution in [0.3, 0.4) is 0 Å². The summed E-state index contributed by atoms with van der Waals surface area (Å²) in [7, 11) is 0. The average Bonchev–Trinajstić information content (AvgIpc) is 1.66. The number of rotatable bonds is 3. The van der Waals surface area contributed by atoms with E-state index in [0.29, 0.717) is 5.25 Å². The lowest BCUT2D eigenvalue weighted by atomic mass is 10.6. The van der Waals surface area contributed by atoms with Gasteiger partial charge in [-0.2, -0.15) is 0 Å². The molecule has 0 aliphatic heterocycles. The first-order chi connectivity index (χ1) is 3.77. The molecular weight excluding hydrogens is 118 g/mol. The van der Waals surface area contributed by atoms with Gasteiger partial charge in [0.15, 0.2) is 0 Å². The van der Waals surface area contributed by atoms with E-state index in [0.717, 1.165) is 6.54 Å². The molecule has 0 unspecified atom stereocenters. The van der Waals surface area contributed by atoms with Crippen molar-refractivity contribution in [3.8, 4) is 0 Å². The van der Waals surface area contributed by atoms with Crippen molar-refractivity contribution in [3.63, 3.8) is 0 Å². The fourth-order valence-electron chi connectivity index (χ4n) is 0.239. The van der Waals surface area contributed by atoms with Crippen molar-refractivity contribution in [2.45, 2.75) is 26.0 Å². The minimum atomic E-state index is 0.672. The molecule has 0 aliphatic carbocycles. The lowest BCUT2D eigenvalue weighted by Crippen LogP contribution is -1.84. The summed E-state index contributed by atoms with van der Waals surface area (Å²) >= 11 is 1.76. The van der Waals surface area contributed by atoms with Crippen LogP contribution in [0.25, 0.3) is 0 Å². The molecule has 8 heavy (non-hydrogen) atoms. The predicted molar refractivity (Wildman–Crippen MR) is 41.8 cm³/mol. The Kier molecular flexibility index (Phi) is 5.18. The second kappa shape index (κ2) is 5.16. The largest absolute Gasteiger partial charge is 0.287 e. The molecular formula is C6H13NS. The lowest BCUT2D eigenvalue weighted by molar-refractivity contribution is 1.12. The number of hydrogen-bond donors (Lipinski definition) is 0. The first kappa shape index (κ1) is 8.02. The maximum atomic E-state index is 4.05. The molecule has 0 saturated heterocycles. The van der Waals surface area contributed by atoms with Crippen molar-refractivity contribution in [1.82, 2.24) is 0 Å². The highest BCUT2D eigenvalue weighted by Gasteiger charge is 1.85. The second-order valence-corrected chi connectivity index (χ2v) is 3.21. The van der Waals surface area contributed by atoms with E-state index in [1.165, 1.54) is 0 Å². The second-order valence-electron chi connectivity index (χ2n) is 1.79. The summed E-state index contributed by atoms with van der Waals surface area (Å²) in [6, 6.07) is 0. The molecule has 0 bridgehead atoms. The van der Waals surface area contributed by atoms with Gasteiger partial charge >= 0.3 is 0 Å². The Morgan fingerprint density at radius 2 is 2.25 bits per heavy atom. The van der Waals surface area contributed by atoms with E-state index < -0.39 is 0 Å². The molecule has 0 atom stereocenters. The molecule has 0 spiro atoms. The molecule has 0 fully saturated rings. The van der Waals surface area contributed by atoms with Gasteiger partial charge in [0.1, 0.15) is 0 Å². The van der Waals surface area contributed by atoms with Crippen LogP contribution in [0.4, 0.5) is 0 Å². The summed E-state index contributed by atoms with van der Waals surface area (Å²) in [5.74, 6) is 0. The Bertz CT molecular complexity index is 68.9. The van der Waals surface area contributed by atoms with Gasteiger partial charge in [0, 0.05) is 11.8 Å². The van der Waals surface area contributed by atoms with Crippen LogP contribution in [0.1, 0.15) is 20.8 Å². The van der Waals surface area contributed by atoms with E-state index in [1.54, 1.807) is 11.8 Å². The fourth-order valence-corrected chi connectivity index (χ4v) is 0.718. The summed E-state index contributed by atoms with van der Waals surface area (Å²) in [6.07, 6.45) is 0. The van der Waals surface area contributed by atoms with Crippen molar-refractivity contribution >= 4 is 17.3 Å². The fraction of sp³-hybridized carbons (Fsp3) is 0.833. The van der Waals surface area contributed by atoms with Crippen LogP contribution in [0, 0.1) is 0 Å². The lowest BCUT2D eigenvalue weighted by Gasteiger charge is -1.93. The zero-order chi connectivity index (χ0) is 6.41. The highest BCUT2D eigenvalue weighted by Crippen LogP contribution is 2.03. The van der Waals surface area contributed by atoms with Crippen LogP contribution in [-0.2, 0) is 0 Å². The first-order valence-corrected chi connectivity index (χ1v) is 3.85. The van der Waals surface area contributed by atoms with Crippen LogP contribution in [0.5, 0.6) is 0 Å². The third-order valence-corrected chi connectivity index (χ3v) is 1.41. The molecule has 0 amide bonds. The molecule has 0 N–H and O–H groups in total. The van der Waals surface area contributed by atoms with Crippen LogP contribution in [-0.4, -0.2) is 17.3 Å². The van der Waals surface area contributed by atoms with Gasteiger partial charge in [0.05, 0.1) is 5.55 Å². The molecule has 0 rings (SSSR count). The van der Waals surface area contributed by atoms with Gasteiger partial charge in [-0.3, -0.25) is 4.99 Å². The molecule has 48 valence electrons. The molecule has 0 heterocycles. The topological polar surface area (TPSA) is 12.4 Å². The van der Waals surface area contributed by atoms with Crippen LogP contribution in [0.15, 0.2) is 4.99 Å². The van der Waals surface area contributed by atoms with E-state index in [9.17, 15) is 0 Å². The van der Waals surface area contributed by atoms with Crippen molar-refractivity contribution in [1.29, 1.82) is 0 Å². The number of nitrogens with zero attached hydrogens (tertiary/aromatic N) is 1. The van der Waals surface area contributed by atoms with Gasteiger partial charge in [-0.25, -0.2) is 0 Å². The molecule has 0 aromatic heterocycles. The third kappa shape index (κ3) is 6.02. The minimum absolute atomic E-state index is 0.672. The van der Waals surface area contributed by atoms with Crippen molar-refractivity contribution in [2.24, 2.45) is 4.99 Å². The summed E-state index contributed by atoms with van der Waals surface area (Å²) in [4.78, 5) is 4.05. The Balaban J connectivity index is 3.03. The highest BCUT2D eigenvalue weighted by molar-refractivity contribution is 8.12. The maximum absolute atomic E-state index is 4.05. The summed E-state index contributed by atoms with van der Waals surface area (Å²) in [5, 5.41) is 0.672. The SMILES string of the molecule is CC/N=C\SC(C)C. The molecule has 0 radical (unpaired) electrons. The summed E-state index contributed by atoms with van der Waals surface area (Å²) in [6.45, 7) is 7.26. The smallest absolute Gasteiger partial charge is 0.0543 e. The van der Waals surface area contributed by atoms with Gasteiger partial charge in [-0.1, -0.05) is 13.8 Å². The predicted octanol–water partition coefficient (Wildman–Crippen LogP) is 2.18. The van der Waals surface area contributed by atoms with Gasteiger partial charge in [0.2, 0.25) is 0 Å². The number of aliphatic imine (C=N–C) groups is 1. The van der Waals surface area contributed by atoms with Crippen molar-refractivity contribution < 1.29 is 0 Å². The monoisotopic (exact) mass is 131 g/mol. The van der Waals surface area contributed by atoms with E-state index in [-0.39, 0.29) is 0 Å². The molecule has 1 nitrogen and oxygen atoms in total. The molecule has 2 heteroatoms. The van der Waals surface area contributed by atoms with Gasteiger partial charge in [0.25, 0.3) is 0 Å². The quantitative estimate of drug-likeness (QED) is 0.422. The molecule has 0 aromatic carbocycles. The standard InChI is InChI=1S/C6H13NS/c1-4-7-5-8-6(2)3/h5-6H,4H2,1-3H3/b7-5-. The van der Waals surface area contributed by atoms with Crippen molar-refractivity contribution in [3.05, 3.63) is 0 Å². The normalized spacial score (nSPS) is 11.5. The van der Waals surface area contributed by atoms with Gasteiger partial charge in [-0.15, -0.1) is 11.8 Å². The Hall–Kier alpha value is 0.0200. The van der Waals surface area contributed by atoms with Crippen LogP contribution in [0.2, 0.25) is 0 Å². The van der Waals surface area contributed by atoms with Crippen molar-refractivity contribution in [2.75, 3.05) is 6.54 Å². The van der Waals surface area contributed by atoms with Gasteiger partial charge < -0.3 is 0 Å². The van der Waals surface area contributed by atoms with E-state index in [2.05, 4.69) is 18.8 Å². The van der Waals surface area contributed by atoms with E-state index in [1.807, 2.05) is 12.5 Å². The van der Waals surface area contributed by atoms with Crippen LogP contribution < -0.4 is 0 Å². The number of thioether (sulfide) groups is 1. The van der Waals surface area contributed by atoms with E-state index in [4.69, 9.17) is 0 Å². The van der Waals surface area contributed by atoms with Gasteiger partial charge in [-0.05, 0) is 6.92 Å². The van der Waals surface area contributed by atoms with E-state index >= 15 is 0 Å². The zero-order valence-electron chi connectivity index (χ0n) is 5.72. The van der Waals surface area contributed by atoms with Crippen LogP contribution >= 0.6 is 11.8 Å².